The number of esters is 1. The average molecular weight is 416 g/mol. The maximum atomic E-state index is 12.4. The maximum absolute atomic E-state index is 12.4. The molecule has 2 rings (SSSR count). The van der Waals surface area contributed by atoms with Gasteiger partial charge in [-0.05, 0) is 31.2 Å². The lowest BCUT2D eigenvalue weighted by Crippen LogP contribution is -2.35. The molecule has 0 heterocycles. The zero-order valence-electron chi connectivity index (χ0n) is 17.2. The van der Waals surface area contributed by atoms with Gasteiger partial charge in [-0.2, -0.15) is 0 Å². The van der Waals surface area contributed by atoms with Gasteiger partial charge in [-0.25, -0.2) is 0 Å². The van der Waals surface area contributed by atoms with Gasteiger partial charge < -0.3 is 29.6 Å². The molecule has 2 amide bonds. The molecule has 30 heavy (non-hydrogen) atoms. The zero-order valence-corrected chi connectivity index (χ0v) is 17.2. The first-order chi connectivity index (χ1) is 14.4. The van der Waals surface area contributed by atoms with Gasteiger partial charge in [0.25, 0.3) is 11.8 Å². The lowest BCUT2D eigenvalue weighted by atomic mass is 10.1. The molecule has 0 fully saturated rings. The smallest absolute Gasteiger partial charge is 0.326 e. The normalized spacial score (nSPS) is 11.1. The predicted octanol–water partition coefficient (Wildman–Crippen LogP) is 2.01. The summed E-state index contributed by atoms with van der Waals surface area (Å²) in [5.41, 5.74) is 0.785. The van der Waals surface area contributed by atoms with Crippen molar-refractivity contribution in [3.8, 4) is 17.2 Å². The van der Waals surface area contributed by atoms with Gasteiger partial charge in [0, 0.05) is 11.3 Å². The number of methoxy groups -OCH3 is 3. The van der Waals surface area contributed by atoms with Crippen LogP contribution < -0.4 is 24.8 Å². The minimum absolute atomic E-state index is 0.201. The lowest BCUT2D eigenvalue weighted by Gasteiger charge is -2.15. The quantitative estimate of drug-likeness (QED) is 0.602. The predicted molar refractivity (Wildman–Crippen MR) is 109 cm³/mol. The first-order valence-electron chi connectivity index (χ1n) is 9.03. The molecule has 2 aromatic rings. The fourth-order valence-electron chi connectivity index (χ4n) is 2.52. The van der Waals surface area contributed by atoms with E-state index in [1.165, 1.54) is 40.4 Å². The summed E-state index contributed by atoms with van der Waals surface area (Å²) in [7, 11) is 4.31. The molecule has 0 bridgehead atoms. The molecule has 0 unspecified atom stereocenters. The van der Waals surface area contributed by atoms with Gasteiger partial charge in [0.2, 0.25) is 5.75 Å². The molecule has 1 atom stereocenters. The van der Waals surface area contributed by atoms with E-state index in [1.807, 2.05) is 6.07 Å². The highest BCUT2D eigenvalue weighted by atomic mass is 16.5. The number of nitrogens with one attached hydrogen (secondary N) is 2. The molecule has 2 aromatic carbocycles. The van der Waals surface area contributed by atoms with E-state index >= 15 is 0 Å². The molecule has 0 aliphatic rings. The van der Waals surface area contributed by atoms with Crippen LogP contribution in [0.1, 0.15) is 17.3 Å². The van der Waals surface area contributed by atoms with Crippen LogP contribution in [-0.4, -0.2) is 51.8 Å². The van der Waals surface area contributed by atoms with Gasteiger partial charge in [-0.3, -0.25) is 14.4 Å². The molecule has 0 saturated carbocycles. The third-order valence-corrected chi connectivity index (χ3v) is 4.04. The number of rotatable bonds is 9. The lowest BCUT2D eigenvalue weighted by molar-refractivity contribution is -0.152. The van der Waals surface area contributed by atoms with Crippen LogP contribution in [0.2, 0.25) is 0 Å². The summed E-state index contributed by atoms with van der Waals surface area (Å²) < 4.78 is 20.7. The molecule has 0 saturated heterocycles. The van der Waals surface area contributed by atoms with Gasteiger partial charge in [0.05, 0.1) is 21.3 Å². The van der Waals surface area contributed by atoms with Crippen molar-refractivity contribution < 1.29 is 33.3 Å². The van der Waals surface area contributed by atoms with Crippen molar-refractivity contribution in [2.75, 3.05) is 33.2 Å². The number of amides is 2. The van der Waals surface area contributed by atoms with E-state index in [-0.39, 0.29) is 5.56 Å². The summed E-state index contributed by atoms with van der Waals surface area (Å²) in [6.07, 6.45) is -1.03. The number of hydrogen-bond acceptors (Lipinski definition) is 7. The van der Waals surface area contributed by atoms with Crippen molar-refractivity contribution in [2.45, 2.75) is 13.0 Å². The van der Waals surface area contributed by atoms with E-state index in [2.05, 4.69) is 10.6 Å². The Balaban J connectivity index is 1.92. The van der Waals surface area contributed by atoms with Crippen molar-refractivity contribution in [3.63, 3.8) is 0 Å². The maximum Gasteiger partial charge on any atom is 0.326 e. The van der Waals surface area contributed by atoms with Crippen molar-refractivity contribution in [3.05, 3.63) is 48.0 Å². The van der Waals surface area contributed by atoms with E-state index in [0.717, 1.165) is 0 Å². The second-order valence-electron chi connectivity index (χ2n) is 6.08. The van der Waals surface area contributed by atoms with Crippen LogP contribution in [0.5, 0.6) is 17.2 Å². The van der Waals surface area contributed by atoms with Crippen molar-refractivity contribution in [1.29, 1.82) is 0 Å². The summed E-state index contributed by atoms with van der Waals surface area (Å²) in [4.78, 5) is 36.5. The fraction of sp³-hybridized carbons (Fsp3) is 0.286. The molecular formula is C21H24N2O7. The van der Waals surface area contributed by atoms with E-state index < -0.39 is 30.4 Å². The Morgan fingerprint density at radius 1 is 0.933 bits per heavy atom. The third kappa shape index (κ3) is 5.87. The van der Waals surface area contributed by atoms with E-state index in [0.29, 0.717) is 22.9 Å². The zero-order chi connectivity index (χ0) is 22.1. The molecule has 0 spiro atoms. The average Bonchev–Trinajstić information content (AvgIpc) is 2.76. The number of carbonyl (C=O) groups is 3. The van der Waals surface area contributed by atoms with Crippen LogP contribution in [0.3, 0.4) is 0 Å². The summed E-state index contributed by atoms with van der Waals surface area (Å²) in [6.45, 7) is 1.02. The van der Waals surface area contributed by atoms with Crippen LogP contribution in [-0.2, 0) is 14.3 Å². The Morgan fingerprint density at radius 3 is 2.07 bits per heavy atom. The summed E-state index contributed by atoms with van der Waals surface area (Å²) in [5.74, 6) is -0.842. The van der Waals surface area contributed by atoms with E-state index in [4.69, 9.17) is 18.9 Å². The Hall–Kier alpha value is -3.75. The van der Waals surface area contributed by atoms with Crippen molar-refractivity contribution in [2.24, 2.45) is 0 Å². The Labute approximate surface area is 174 Å². The topological polar surface area (TPSA) is 112 Å². The number of para-hydroxylation sites is 1. The number of anilines is 1. The van der Waals surface area contributed by atoms with Crippen LogP contribution >= 0.6 is 0 Å². The van der Waals surface area contributed by atoms with Gasteiger partial charge in [-0.1, -0.05) is 18.2 Å². The Bertz CT molecular complexity index is 874. The summed E-state index contributed by atoms with van der Waals surface area (Å²) in [5, 5.41) is 5.07. The third-order valence-electron chi connectivity index (χ3n) is 4.04. The van der Waals surface area contributed by atoms with E-state index in [9.17, 15) is 14.4 Å². The first kappa shape index (κ1) is 22.5. The molecule has 9 nitrogen and oxygen atoms in total. The second kappa shape index (κ2) is 10.7. The second-order valence-corrected chi connectivity index (χ2v) is 6.08. The number of carbonyl (C=O) groups excluding carboxylic acids is 3. The van der Waals surface area contributed by atoms with Gasteiger partial charge in [0.15, 0.2) is 17.6 Å². The number of benzene rings is 2. The van der Waals surface area contributed by atoms with Crippen LogP contribution in [0.4, 0.5) is 5.69 Å². The van der Waals surface area contributed by atoms with Crippen molar-refractivity contribution >= 4 is 23.5 Å². The van der Waals surface area contributed by atoms with Crippen LogP contribution in [0.15, 0.2) is 42.5 Å². The SMILES string of the molecule is COc1cc(C(=O)NCC(=O)O[C@@H](C)C(=O)Nc2ccccc2)cc(OC)c1OC. The van der Waals surface area contributed by atoms with E-state index in [1.54, 1.807) is 24.3 Å². The number of hydrogen-bond donors (Lipinski definition) is 2. The molecule has 0 aliphatic heterocycles. The van der Waals surface area contributed by atoms with Crippen molar-refractivity contribution in [1.82, 2.24) is 5.32 Å². The minimum atomic E-state index is -1.03. The highest BCUT2D eigenvalue weighted by molar-refractivity contribution is 5.98. The summed E-state index contributed by atoms with van der Waals surface area (Å²) >= 11 is 0. The van der Waals surface area contributed by atoms with Gasteiger partial charge in [-0.15, -0.1) is 0 Å². The Morgan fingerprint density at radius 2 is 1.53 bits per heavy atom. The van der Waals surface area contributed by atoms with Gasteiger partial charge in [0.1, 0.15) is 6.54 Å². The molecule has 160 valence electrons. The van der Waals surface area contributed by atoms with Crippen LogP contribution in [0, 0.1) is 0 Å². The molecule has 0 aromatic heterocycles. The number of ether oxygens (including phenoxy) is 4. The largest absolute Gasteiger partial charge is 0.493 e. The molecule has 0 radical (unpaired) electrons. The first-order valence-corrected chi connectivity index (χ1v) is 9.03. The molecule has 2 N–H and O–H groups in total. The Kier molecular flexibility index (Phi) is 8.04. The highest BCUT2D eigenvalue weighted by Crippen LogP contribution is 2.38. The van der Waals surface area contributed by atoms with Gasteiger partial charge >= 0.3 is 5.97 Å². The minimum Gasteiger partial charge on any atom is -0.493 e. The highest BCUT2D eigenvalue weighted by Gasteiger charge is 2.20. The monoisotopic (exact) mass is 416 g/mol. The van der Waals surface area contributed by atoms with Crippen LogP contribution in [0.25, 0.3) is 0 Å². The fourth-order valence-corrected chi connectivity index (χ4v) is 2.52. The molecular weight excluding hydrogens is 392 g/mol. The standard InChI is InChI=1S/C21H24N2O7/c1-13(20(25)23-15-8-6-5-7-9-15)30-18(24)12-22-21(26)14-10-16(27-2)19(29-4)17(11-14)28-3/h5-11,13H,12H2,1-4H3,(H,22,26)(H,23,25)/t13-/m0/s1. The molecule has 0 aliphatic carbocycles. The molecule has 9 heteroatoms. The summed E-state index contributed by atoms with van der Waals surface area (Å²) in [6, 6.07) is 11.7.